The molecule has 10 aromatic rings. The van der Waals surface area contributed by atoms with Gasteiger partial charge in [-0.1, -0.05) is 147 Å². The summed E-state index contributed by atoms with van der Waals surface area (Å²) in [5.74, 6) is 0. The summed E-state index contributed by atoms with van der Waals surface area (Å²) < 4.78 is 5.10. The molecule has 53 heavy (non-hydrogen) atoms. The van der Waals surface area contributed by atoms with Crippen LogP contribution in [0, 0.1) is 0 Å². The van der Waals surface area contributed by atoms with Crippen LogP contribution in [0.3, 0.4) is 0 Å². The van der Waals surface area contributed by atoms with Crippen LogP contribution in [0.4, 0.5) is 0 Å². The van der Waals surface area contributed by atoms with Gasteiger partial charge in [0.2, 0.25) is 0 Å². The quantitative estimate of drug-likeness (QED) is 0.173. The van der Waals surface area contributed by atoms with E-state index in [0.717, 1.165) is 0 Å². The molecular weight excluding hydrogens is 659 g/mol. The molecule has 8 aromatic carbocycles. The fraction of sp³-hybridized carbons (Fsp3) is 0.0588. The zero-order chi connectivity index (χ0) is 35.3. The average Bonchev–Trinajstić information content (AvgIpc) is 3.83. The summed E-state index contributed by atoms with van der Waals surface area (Å²) in [6.45, 7) is 4.70. The number of aromatic nitrogens is 1. The maximum absolute atomic E-state index is 2.43. The number of rotatable bonds is 4. The van der Waals surface area contributed by atoms with E-state index in [-0.39, 0.29) is 5.41 Å². The number of thiophene rings is 1. The lowest BCUT2D eigenvalue weighted by atomic mass is 9.81. The minimum absolute atomic E-state index is 0.00891. The number of nitrogens with zero attached hydrogens (tertiary/aromatic N) is 1. The van der Waals surface area contributed by atoms with Gasteiger partial charge in [0.1, 0.15) is 0 Å². The summed E-state index contributed by atoms with van der Waals surface area (Å²) in [4.78, 5) is 0. The van der Waals surface area contributed by atoms with Gasteiger partial charge in [0, 0.05) is 42.0 Å². The highest BCUT2D eigenvalue weighted by Gasteiger charge is 2.35. The highest BCUT2D eigenvalue weighted by molar-refractivity contribution is 7.26. The first-order valence-corrected chi connectivity index (χ1v) is 19.2. The Morgan fingerprint density at radius 3 is 1.89 bits per heavy atom. The third-order valence-electron chi connectivity index (χ3n) is 11.6. The van der Waals surface area contributed by atoms with Crippen LogP contribution >= 0.6 is 11.3 Å². The van der Waals surface area contributed by atoms with E-state index in [0.29, 0.717) is 0 Å². The van der Waals surface area contributed by atoms with Gasteiger partial charge in [-0.3, -0.25) is 0 Å². The van der Waals surface area contributed by atoms with E-state index < -0.39 is 0 Å². The largest absolute Gasteiger partial charge is 0.309 e. The van der Waals surface area contributed by atoms with Gasteiger partial charge in [-0.05, 0) is 98.1 Å². The zero-order valence-corrected chi connectivity index (χ0v) is 30.4. The van der Waals surface area contributed by atoms with Crippen LogP contribution in [0.25, 0.3) is 92.2 Å². The van der Waals surface area contributed by atoms with Crippen LogP contribution in [-0.2, 0) is 5.41 Å². The van der Waals surface area contributed by atoms with Crippen molar-refractivity contribution in [2.24, 2.45) is 0 Å². The molecule has 0 saturated heterocycles. The monoisotopic (exact) mass is 693 g/mol. The Morgan fingerprint density at radius 1 is 0.396 bits per heavy atom. The van der Waals surface area contributed by atoms with Gasteiger partial charge in [0.25, 0.3) is 0 Å². The maximum Gasteiger partial charge on any atom is 0.0541 e. The molecule has 0 fully saturated rings. The minimum atomic E-state index is -0.00891. The molecule has 0 unspecified atom stereocenters. The van der Waals surface area contributed by atoms with Crippen molar-refractivity contribution in [1.82, 2.24) is 4.57 Å². The molecule has 2 heteroatoms. The fourth-order valence-corrected chi connectivity index (χ4v) is 10.2. The second-order valence-electron chi connectivity index (χ2n) is 14.9. The van der Waals surface area contributed by atoms with E-state index in [9.17, 15) is 0 Å². The van der Waals surface area contributed by atoms with Crippen LogP contribution in [-0.4, -0.2) is 4.57 Å². The molecule has 0 radical (unpaired) electrons. The van der Waals surface area contributed by atoms with Crippen LogP contribution in [0.5, 0.6) is 0 Å². The van der Waals surface area contributed by atoms with Crippen LogP contribution in [0.1, 0.15) is 25.0 Å². The first kappa shape index (κ1) is 30.4. The zero-order valence-electron chi connectivity index (χ0n) is 29.6. The molecule has 0 spiro atoms. The third-order valence-corrected chi connectivity index (χ3v) is 12.8. The van der Waals surface area contributed by atoms with Crippen LogP contribution in [0.2, 0.25) is 0 Å². The van der Waals surface area contributed by atoms with E-state index in [1.54, 1.807) is 0 Å². The summed E-state index contributed by atoms with van der Waals surface area (Å²) in [5.41, 5.74) is 16.6. The Hall–Kier alpha value is -6.22. The Labute approximate surface area is 313 Å². The Kier molecular flexibility index (Phi) is 6.53. The summed E-state index contributed by atoms with van der Waals surface area (Å²) >= 11 is 1.89. The Morgan fingerprint density at radius 2 is 1.02 bits per heavy atom. The lowest BCUT2D eigenvalue weighted by Crippen LogP contribution is -2.14. The van der Waals surface area contributed by atoms with Crippen molar-refractivity contribution in [3.63, 3.8) is 0 Å². The molecule has 250 valence electrons. The summed E-state index contributed by atoms with van der Waals surface area (Å²) in [5, 5.41) is 5.18. The number of hydrogen-bond donors (Lipinski definition) is 0. The highest BCUT2D eigenvalue weighted by Crippen LogP contribution is 2.49. The Bertz CT molecular complexity index is 3080. The molecular formula is C51H35NS. The number of hydrogen-bond acceptors (Lipinski definition) is 1. The molecule has 0 N–H and O–H groups in total. The Balaban J connectivity index is 0.975. The van der Waals surface area contributed by atoms with Crippen molar-refractivity contribution >= 4 is 53.3 Å². The van der Waals surface area contributed by atoms with Crippen LogP contribution in [0.15, 0.2) is 176 Å². The van der Waals surface area contributed by atoms with Gasteiger partial charge in [-0.25, -0.2) is 0 Å². The van der Waals surface area contributed by atoms with Gasteiger partial charge in [0.15, 0.2) is 0 Å². The topological polar surface area (TPSA) is 4.93 Å². The van der Waals surface area contributed by atoms with Gasteiger partial charge < -0.3 is 4.57 Å². The second kappa shape index (κ2) is 11.4. The van der Waals surface area contributed by atoms with E-state index >= 15 is 0 Å². The van der Waals surface area contributed by atoms with Gasteiger partial charge in [-0.15, -0.1) is 11.3 Å². The molecule has 0 atom stereocenters. The van der Waals surface area contributed by atoms with E-state index in [2.05, 4.69) is 194 Å². The fourth-order valence-electron chi connectivity index (χ4n) is 8.96. The van der Waals surface area contributed by atoms with Gasteiger partial charge >= 0.3 is 0 Å². The predicted octanol–water partition coefficient (Wildman–Crippen LogP) is 14.5. The lowest BCUT2D eigenvalue weighted by Gasteiger charge is -2.22. The van der Waals surface area contributed by atoms with Gasteiger partial charge in [-0.2, -0.15) is 0 Å². The van der Waals surface area contributed by atoms with Crippen LogP contribution < -0.4 is 0 Å². The summed E-state index contributed by atoms with van der Waals surface area (Å²) in [6.07, 6.45) is 0. The molecule has 2 heterocycles. The minimum Gasteiger partial charge on any atom is -0.309 e. The van der Waals surface area contributed by atoms with E-state index in [4.69, 9.17) is 0 Å². The molecule has 1 nitrogen and oxygen atoms in total. The SMILES string of the molecule is CC1(C)c2ccccc2-c2ccc(-c3ccc(-c4ccc5c(c4)c4ccccc4n5-c4cccc(-c5cccc6c5sc5ccccc56)c4)cc3)cc21. The molecule has 0 aliphatic heterocycles. The number of para-hydroxylation sites is 1. The molecule has 0 amide bonds. The molecule has 11 rings (SSSR count). The standard InChI is InChI=1S/C51H35NS/c1-51(2)45-18-6-3-13-39(45)40-27-25-35(31-46(40)51)33-23-21-32(22-24-33)34-26-28-48-44(30-34)41-14-4-7-19-47(41)52(48)37-12-9-11-36(29-37)38-16-10-17-43-42-15-5-8-20-49(42)53-50(38)43/h3-31H,1-2H3. The smallest absolute Gasteiger partial charge is 0.0541 e. The summed E-state index contributed by atoms with van der Waals surface area (Å²) in [6, 6.07) is 65.3. The van der Waals surface area contributed by atoms with Crippen molar-refractivity contribution < 1.29 is 0 Å². The molecule has 0 saturated carbocycles. The van der Waals surface area contributed by atoms with Crippen molar-refractivity contribution in [2.75, 3.05) is 0 Å². The normalized spacial score (nSPS) is 13.2. The molecule has 0 bridgehead atoms. The summed E-state index contributed by atoms with van der Waals surface area (Å²) in [7, 11) is 0. The van der Waals surface area contributed by atoms with E-state index in [1.165, 1.54) is 103 Å². The predicted molar refractivity (Wildman–Crippen MR) is 228 cm³/mol. The first-order chi connectivity index (χ1) is 26.0. The van der Waals surface area contributed by atoms with Crippen molar-refractivity contribution in [1.29, 1.82) is 0 Å². The third kappa shape index (κ3) is 4.56. The number of fused-ring (bicyclic) bond motifs is 9. The van der Waals surface area contributed by atoms with Crippen molar-refractivity contribution in [2.45, 2.75) is 19.3 Å². The second-order valence-corrected chi connectivity index (χ2v) is 16.0. The maximum atomic E-state index is 2.43. The molecule has 1 aliphatic rings. The lowest BCUT2D eigenvalue weighted by molar-refractivity contribution is 0.660. The molecule has 2 aromatic heterocycles. The molecule has 1 aliphatic carbocycles. The number of benzene rings is 8. The average molecular weight is 694 g/mol. The van der Waals surface area contributed by atoms with Crippen molar-refractivity contribution in [3.8, 4) is 50.2 Å². The van der Waals surface area contributed by atoms with E-state index in [1.807, 2.05) is 11.3 Å². The highest BCUT2D eigenvalue weighted by atomic mass is 32.1. The van der Waals surface area contributed by atoms with Gasteiger partial charge in [0.05, 0.1) is 11.0 Å². The first-order valence-electron chi connectivity index (χ1n) is 18.4. The van der Waals surface area contributed by atoms with Crippen molar-refractivity contribution in [3.05, 3.63) is 187 Å².